The van der Waals surface area contributed by atoms with Crippen molar-refractivity contribution >= 4 is 11.6 Å². The smallest absolute Gasteiger partial charge is 0.247 e. The van der Waals surface area contributed by atoms with Crippen LogP contribution in [-0.4, -0.2) is 24.1 Å². The Morgan fingerprint density at radius 1 is 0.893 bits per heavy atom. The number of carbonyl (C=O) groups excluding carboxylic acids is 1. The van der Waals surface area contributed by atoms with Crippen LogP contribution in [0.1, 0.15) is 23.5 Å². The molecule has 3 aromatic rings. The van der Waals surface area contributed by atoms with Gasteiger partial charge >= 0.3 is 0 Å². The minimum atomic E-state index is -0.161. The molecule has 6 heteroatoms. The van der Waals surface area contributed by atoms with E-state index in [0.29, 0.717) is 25.4 Å². The van der Waals surface area contributed by atoms with Crippen molar-refractivity contribution in [3.8, 4) is 11.5 Å². The summed E-state index contributed by atoms with van der Waals surface area (Å²) < 4.78 is 11.4. The summed E-state index contributed by atoms with van der Waals surface area (Å²) in [5.74, 6) is 1.30. The Morgan fingerprint density at radius 3 is 2.43 bits per heavy atom. The second kappa shape index (κ2) is 8.00. The second-order valence-electron chi connectivity index (χ2n) is 6.55. The first kappa shape index (κ1) is 17.9. The molecule has 1 aliphatic heterocycles. The van der Waals surface area contributed by atoms with Crippen LogP contribution >= 0.6 is 0 Å². The van der Waals surface area contributed by atoms with Gasteiger partial charge in [-0.25, -0.2) is 0 Å². The number of anilines is 1. The van der Waals surface area contributed by atoms with Crippen LogP contribution in [0.2, 0.25) is 0 Å². The highest BCUT2D eigenvalue weighted by Crippen LogP contribution is 2.38. The molecule has 1 amide bonds. The molecule has 0 bridgehead atoms. The number of benzene rings is 2. The zero-order chi connectivity index (χ0) is 19.3. The SMILES string of the molecule is O=C1CC(c2ccc(=O)[nH]c2)c2ccc(OCCOc3ccccc3)cc2N1. The average Bonchev–Trinajstić information content (AvgIpc) is 2.72. The standard InChI is InChI=1S/C22H20N2O4/c25-21-9-6-15(14-23-21)19-13-22(26)24-20-12-17(7-8-18(19)20)28-11-10-27-16-4-2-1-3-5-16/h1-9,12,14,19H,10-11,13H2,(H,23,25)(H,24,26). The van der Waals surface area contributed by atoms with Crippen LogP contribution in [0.3, 0.4) is 0 Å². The zero-order valence-electron chi connectivity index (χ0n) is 15.2. The number of ether oxygens (including phenoxy) is 2. The molecule has 4 rings (SSSR count). The van der Waals surface area contributed by atoms with E-state index in [9.17, 15) is 9.59 Å². The molecular formula is C22H20N2O4. The van der Waals surface area contributed by atoms with E-state index in [1.807, 2.05) is 48.5 Å². The van der Waals surface area contributed by atoms with Gasteiger partial charge in [0, 0.05) is 36.4 Å². The molecule has 0 radical (unpaired) electrons. The number of pyridine rings is 1. The van der Waals surface area contributed by atoms with E-state index in [4.69, 9.17) is 9.47 Å². The average molecular weight is 376 g/mol. The third-order valence-electron chi connectivity index (χ3n) is 4.64. The van der Waals surface area contributed by atoms with E-state index in [-0.39, 0.29) is 17.4 Å². The number of fused-ring (bicyclic) bond motifs is 1. The number of amides is 1. The fraction of sp³-hybridized carbons (Fsp3) is 0.182. The van der Waals surface area contributed by atoms with Gasteiger partial charge in [-0.3, -0.25) is 9.59 Å². The third-order valence-corrected chi connectivity index (χ3v) is 4.64. The Labute approximate surface area is 162 Å². The largest absolute Gasteiger partial charge is 0.490 e. The minimum Gasteiger partial charge on any atom is -0.490 e. The monoisotopic (exact) mass is 376 g/mol. The summed E-state index contributed by atoms with van der Waals surface area (Å²) in [5, 5.41) is 2.91. The molecule has 0 saturated carbocycles. The highest BCUT2D eigenvalue weighted by molar-refractivity contribution is 5.95. The van der Waals surface area contributed by atoms with E-state index < -0.39 is 0 Å². The fourth-order valence-corrected chi connectivity index (χ4v) is 3.31. The van der Waals surface area contributed by atoms with Gasteiger partial charge in [0.1, 0.15) is 24.7 Å². The summed E-state index contributed by atoms with van der Waals surface area (Å²) in [6.07, 6.45) is 2.00. The number of carbonyl (C=O) groups is 1. The van der Waals surface area contributed by atoms with E-state index in [0.717, 1.165) is 22.6 Å². The van der Waals surface area contributed by atoms with Gasteiger partial charge in [0.15, 0.2) is 0 Å². The highest BCUT2D eigenvalue weighted by atomic mass is 16.5. The first-order valence-electron chi connectivity index (χ1n) is 9.12. The summed E-state index contributed by atoms with van der Waals surface area (Å²) in [5.41, 5.74) is 2.47. The number of para-hydroxylation sites is 1. The maximum atomic E-state index is 12.2. The Kier molecular flexibility index (Phi) is 5.10. The maximum Gasteiger partial charge on any atom is 0.247 e. The molecule has 28 heavy (non-hydrogen) atoms. The molecule has 2 aromatic carbocycles. The normalized spacial score (nSPS) is 15.4. The Morgan fingerprint density at radius 2 is 1.68 bits per heavy atom. The number of aromatic amines is 1. The fourth-order valence-electron chi connectivity index (χ4n) is 3.31. The third kappa shape index (κ3) is 4.06. The second-order valence-corrected chi connectivity index (χ2v) is 6.55. The quantitative estimate of drug-likeness (QED) is 0.647. The van der Waals surface area contributed by atoms with Crippen molar-refractivity contribution in [2.24, 2.45) is 0 Å². The van der Waals surface area contributed by atoms with E-state index in [1.165, 1.54) is 6.07 Å². The Bertz CT molecular complexity index is 1010. The van der Waals surface area contributed by atoms with Crippen molar-refractivity contribution in [1.82, 2.24) is 4.98 Å². The number of rotatable bonds is 6. The zero-order valence-corrected chi connectivity index (χ0v) is 15.2. The van der Waals surface area contributed by atoms with Crippen molar-refractivity contribution in [3.63, 3.8) is 0 Å². The number of nitrogens with one attached hydrogen (secondary N) is 2. The van der Waals surface area contributed by atoms with Crippen LogP contribution < -0.4 is 20.3 Å². The molecule has 2 N–H and O–H groups in total. The topological polar surface area (TPSA) is 80.4 Å². The van der Waals surface area contributed by atoms with Crippen molar-refractivity contribution in [3.05, 3.63) is 88.3 Å². The number of hydrogen-bond donors (Lipinski definition) is 2. The summed E-state index contributed by atoms with van der Waals surface area (Å²) in [7, 11) is 0. The summed E-state index contributed by atoms with van der Waals surface area (Å²) in [6, 6.07) is 18.5. The van der Waals surface area contributed by atoms with E-state index in [1.54, 1.807) is 12.3 Å². The Hall–Kier alpha value is -3.54. The molecule has 1 atom stereocenters. The Balaban J connectivity index is 1.45. The predicted octanol–water partition coefficient (Wildman–Crippen LogP) is 3.31. The maximum absolute atomic E-state index is 12.2. The molecule has 1 aliphatic rings. The summed E-state index contributed by atoms with van der Waals surface area (Å²) >= 11 is 0. The molecule has 1 aromatic heterocycles. The molecule has 0 saturated heterocycles. The van der Waals surface area contributed by atoms with Crippen molar-refractivity contribution in [2.75, 3.05) is 18.5 Å². The van der Waals surface area contributed by atoms with Gasteiger partial charge in [-0.05, 0) is 29.3 Å². The van der Waals surface area contributed by atoms with Crippen molar-refractivity contribution < 1.29 is 14.3 Å². The van der Waals surface area contributed by atoms with Gasteiger partial charge in [-0.1, -0.05) is 30.3 Å². The summed E-state index contributed by atoms with van der Waals surface area (Å²) in [6.45, 7) is 0.818. The summed E-state index contributed by atoms with van der Waals surface area (Å²) in [4.78, 5) is 26.2. The highest BCUT2D eigenvalue weighted by Gasteiger charge is 2.27. The van der Waals surface area contributed by atoms with Gasteiger partial charge in [-0.2, -0.15) is 0 Å². The van der Waals surface area contributed by atoms with Crippen LogP contribution in [0.4, 0.5) is 5.69 Å². The van der Waals surface area contributed by atoms with Crippen LogP contribution in [-0.2, 0) is 4.79 Å². The van der Waals surface area contributed by atoms with Gasteiger partial charge in [0.2, 0.25) is 11.5 Å². The molecule has 142 valence electrons. The van der Waals surface area contributed by atoms with Gasteiger partial charge in [-0.15, -0.1) is 0 Å². The molecule has 1 unspecified atom stereocenters. The van der Waals surface area contributed by atoms with E-state index in [2.05, 4.69) is 10.3 Å². The molecule has 0 fully saturated rings. The minimum absolute atomic E-state index is 0.0618. The molecule has 6 nitrogen and oxygen atoms in total. The number of aromatic nitrogens is 1. The van der Waals surface area contributed by atoms with Crippen LogP contribution in [0.15, 0.2) is 71.7 Å². The molecule has 2 heterocycles. The first-order valence-corrected chi connectivity index (χ1v) is 9.12. The van der Waals surface area contributed by atoms with Crippen LogP contribution in [0.5, 0.6) is 11.5 Å². The molecular weight excluding hydrogens is 356 g/mol. The lowest BCUT2D eigenvalue weighted by Crippen LogP contribution is -2.24. The van der Waals surface area contributed by atoms with Crippen molar-refractivity contribution in [2.45, 2.75) is 12.3 Å². The number of H-pyrrole nitrogens is 1. The van der Waals surface area contributed by atoms with Crippen LogP contribution in [0, 0.1) is 0 Å². The van der Waals surface area contributed by atoms with Gasteiger partial charge in [0.05, 0.1) is 0 Å². The lowest BCUT2D eigenvalue weighted by Gasteiger charge is -2.26. The van der Waals surface area contributed by atoms with Gasteiger partial charge in [0.25, 0.3) is 0 Å². The lowest BCUT2D eigenvalue weighted by molar-refractivity contribution is -0.116. The van der Waals surface area contributed by atoms with Crippen LogP contribution in [0.25, 0.3) is 0 Å². The predicted molar refractivity (Wildman–Crippen MR) is 106 cm³/mol. The van der Waals surface area contributed by atoms with E-state index >= 15 is 0 Å². The molecule has 0 spiro atoms. The first-order chi connectivity index (χ1) is 13.7. The molecule has 0 aliphatic carbocycles. The lowest BCUT2D eigenvalue weighted by atomic mass is 9.85. The number of hydrogen-bond acceptors (Lipinski definition) is 4. The van der Waals surface area contributed by atoms with Crippen molar-refractivity contribution in [1.29, 1.82) is 0 Å². The van der Waals surface area contributed by atoms with Gasteiger partial charge < -0.3 is 19.8 Å².